The molecule has 238 valence electrons. The Balaban J connectivity index is 0. The number of rotatable bonds is 17. The minimum atomic E-state index is -2.61. The van der Waals surface area contributed by atoms with Crippen molar-refractivity contribution in [2.24, 2.45) is 5.92 Å². The largest absolute Gasteiger partial charge is 0.500 e. The van der Waals surface area contributed by atoms with Crippen molar-refractivity contribution in [2.45, 2.75) is 117 Å². The van der Waals surface area contributed by atoms with Crippen LogP contribution in [0.15, 0.2) is 12.7 Å². The molecule has 0 amide bonds. The number of methoxy groups -OCH3 is 1. The van der Waals surface area contributed by atoms with Gasteiger partial charge in [-0.15, -0.1) is 0 Å². The van der Waals surface area contributed by atoms with Gasteiger partial charge in [0.15, 0.2) is 0 Å². The van der Waals surface area contributed by atoms with E-state index in [2.05, 4.69) is 34.3 Å². The van der Waals surface area contributed by atoms with Gasteiger partial charge >= 0.3 is 23.3 Å². The van der Waals surface area contributed by atoms with Crippen LogP contribution in [0.1, 0.15) is 93.9 Å². The van der Waals surface area contributed by atoms with E-state index in [1.165, 1.54) is 6.08 Å². The number of esters is 1. The van der Waals surface area contributed by atoms with Crippen molar-refractivity contribution in [3.05, 3.63) is 12.7 Å². The molecule has 1 N–H and O–H groups in total. The van der Waals surface area contributed by atoms with Gasteiger partial charge in [0, 0.05) is 59.0 Å². The zero-order valence-electron chi connectivity index (χ0n) is 27.5. The number of carbonyl (C=O) groups excluding carboxylic acids is 1. The molecule has 40 heavy (non-hydrogen) atoms. The van der Waals surface area contributed by atoms with Gasteiger partial charge < -0.3 is 37.0 Å². The smallest absolute Gasteiger partial charge is 0.456 e. The molecule has 2 atom stereocenters. The molecule has 2 unspecified atom stereocenters. The Labute approximate surface area is 247 Å². The molecule has 1 fully saturated rings. The monoisotopic (exact) mass is 607 g/mol. The van der Waals surface area contributed by atoms with Gasteiger partial charge in [-0.2, -0.15) is 0 Å². The average molecular weight is 608 g/mol. The molecular formula is C29H61NO8Si2. The second-order valence-corrected chi connectivity index (χ2v) is 16.5. The first-order valence-corrected chi connectivity index (χ1v) is 18.8. The lowest BCUT2D eigenvalue weighted by atomic mass is 10.0. The summed E-state index contributed by atoms with van der Waals surface area (Å²) in [6.45, 7) is 21.7. The lowest BCUT2D eigenvalue weighted by molar-refractivity contribution is -0.162. The highest BCUT2D eigenvalue weighted by atomic mass is 28.4. The molecule has 0 saturated carbocycles. The lowest BCUT2D eigenvalue weighted by Crippen LogP contribution is -2.71. The molecule has 1 saturated heterocycles. The van der Waals surface area contributed by atoms with E-state index in [4.69, 9.17) is 37.0 Å². The number of ether oxygens (including phenoxy) is 2. The molecule has 0 aromatic rings. The Morgan fingerprint density at radius 3 is 1.85 bits per heavy atom. The van der Waals surface area contributed by atoms with Crippen molar-refractivity contribution in [1.82, 2.24) is 0 Å². The first-order chi connectivity index (χ1) is 18.9. The first-order valence-electron chi connectivity index (χ1n) is 14.9. The third-order valence-electron chi connectivity index (χ3n) is 6.57. The predicted octanol–water partition coefficient (Wildman–Crippen LogP) is 6.85. The van der Waals surface area contributed by atoms with E-state index in [0.29, 0.717) is 25.7 Å². The molecule has 0 bridgehead atoms. The van der Waals surface area contributed by atoms with Crippen LogP contribution in [0.3, 0.4) is 0 Å². The summed E-state index contributed by atoms with van der Waals surface area (Å²) in [6.07, 6.45) is 6.13. The van der Waals surface area contributed by atoms with E-state index in [1.807, 2.05) is 27.7 Å². The highest BCUT2D eigenvalue weighted by Crippen LogP contribution is 2.44. The Bertz CT molecular complexity index is 661. The molecule has 1 aliphatic rings. The molecule has 0 aromatic carbocycles. The van der Waals surface area contributed by atoms with E-state index < -0.39 is 28.6 Å². The Hall–Kier alpha value is -0.926. The molecule has 1 aliphatic heterocycles. The minimum absolute atomic E-state index is 0.349. The van der Waals surface area contributed by atoms with E-state index in [1.54, 1.807) is 21.3 Å². The van der Waals surface area contributed by atoms with Gasteiger partial charge in [0.1, 0.15) is 11.3 Å². The molecule has 0 aliphatic carbocycles. The highest BCUT2D eigenvalue weighted by Gasteiger charge is 2.64. The van der Waals surface area contributed by atoms with Crippen molar-refractivity contribution in [3.8, 4) is 0 Å². The SMILES string of the molecule is C=CC(=O)OC1CCC[Si](OC)(OC)C1(CCC)OC.CC(=N)CC(C)C.CCC[Si](OCC)(OCC)OCC. The Morgan fingerprint density at radius 1 is 1.02 bits per heavy atom. The summed E-state index contributed by atoms with van der Waals surface area (Å²) >= 11 is 0. The predicted molar refractivity (Wildman–Crippen MR) is 167 cm³/mol. The van der Waals surface area contributed by atoms with Crippen LogP contribution in [0.5, 0.6) is 0 Å². The highest BCUT2D eigenvalue weighted by molar-refractivity contribution is 6.71. The van der Waals surface area contributed by atoms with Crippen molar-refractivity contribution < 1.29 is 36.4 Å². The normalized spacial score (nSPS) is 20.1. The molecular weight excluding hydrogens is 546 g/mol. The summed E-state index contributed by atoms with van der Waals surface area (Å²) in [7, 11) is 0.0722. The van der Waals surface area contributed by atoms with Crippen LogP contribution in [-0.2, 0) is 36.4 Å². The van der Waals surface area contributed by atoms with Gasteiger partial charge in [-0.25, -0.2) is 4.79 Å². The van der Waals surface area contributed by atoms with Crippen LogP contribution in [0.4, 0.5) is 0 Å². The Morgan fingerprint density at radius 2 is 1.55 bits per heavy atom. The van der Waals surface area contributed by atoms with Gasteiger partial charge in [-0.1, -0.05) is 47.1 Å². The maximum atomic E-state index is 11.6. The van der Waals surface area contributed by atoms with Crippen LogP contribution in [0.25, 0.3) is 0 Å². The molecule has 1 heterocycles. The van der Waals surface area contributed by atoms with Crippen LogP contribution < -0.4 is 0 Å². The van der Waals surface area contributed by atoms with E-state index >= 15 is 0 Å². The fourth-order valence-electron chi connectivity index (χ4n) is 5.22. The van der Waals surface area contributed by atoms with Crippen molar-refractivity contribution in [1.29, 1.82) is 5.41 Å². The first kappa shape index (κ1) is 41.2. The zero-order valence-corrected chi connectivity index (χ0v) is 29.5. The summed E-state index contributed by atoms with van der Waals surface area (Å²) in [6, 6.07) is 1.76. The molecule has 11 heteroatoms. The summed E-state index contributed by atoms with van der Waals surface area (Å²) in [5, 5.41) is 6.36. The van der Waals surface area contributed by atoms with Crippen LogP contribution in [0, 0.1) is 11.3 Å². The van der Waals surface area contributed by atoms with Gasteiger partial charge in [0.25, 0.3) is 0 Å². The topological polar surface area (TPSA) is 106 Å². The van der Waals surface area contributed by atoms with Crippen LogP contribution in [-0.4, -0.2) is 81.5 Å². The fraction of sp³-hybridized carbons (Fsp3) is 0.862. The van der Waals surface area contributed by atoms with Crippen molar-refractivity contribution in [3.63, 3.8) is 0 Å². The number of nitrogens with one attached hydrogen (secondary N) is 1. The van der Waals surface area contributed by atoms with Gasteiger partial charge in [-0.3, -0.25) is 0 Å². The maximum Gasteiger partial charge on any atom is 0.500 e. The van der Waals surface area contributed by atoms with Gasteiger partial charge in [-0.05, 0) is 65.3 Å². The third-order valence-corrected chi connectivity index (χ3v) is 14.3. The summed E-state index contributed by atoms with van der Waals surface area (Å²) in [5.41, 5.74) is 0.787. The van der Waals surface area contributed by atoms with E-state index in [-0.39, 0.29) is 6.10 Å². The van der Waals surface area contributed by atoms with Crippen molar-refractivity contribution >= 4 is 29.0 Å². The van der Waals surface area contributed by atoms with Crippen molar-refractivity contribution in [2.75, 3.05) is 41.2 Å². The standard InChI is InChI=1S/C14H26O5Si.C9H22O3Si.C6H13N/c1-6-10-14(16-3)12(19-13(15)7-2)9-8-11-20(14,17-4)18-5;1-5-9-13(10-6-2,11-7-3)12-8-4;1-5(2)4-6(3)7/h7,12H,2,6,8-11H2,1,3-5H3;5-9H2,1-4H3;5,7H,4H2,1-3H3. The second kappa shape index (κ2) is 22.6. The molecule has 0 radical (unpaired) electrons. The summed E-state index contributed by atoms with van der Waals surface area (Å²) < 4.78 is 40.0. The molecule has 0 spiro atoms. The minimum Gasteiger partial charge on any atom is -0.456 e. The third kappa shape index (κ3) is 13.4. The molecule has 9 nitrogen and oxygen atoms in total. The molecule has 0 aromatic heterocycles. The van der Waals surface area contributed by atoms with E-state index in [0.717, 1.165) is 56.3 Å². The molecule has 1 rings (SSSR count). The maximum absolute atomic E-state index is 11.6. The lowest BCUT2D eigenvalue weighted by Gasteiger charge is -2.51. The van der Waals surface area contributed by atoms with Gasteiger partial charge in [0.2, 0.25) is 0 Å². The van der Waals surface area contributed by atoms with Crippen LogP contribution >= 0.6 is 0 Å². The van der Waals surface area contributed by atoms with Gasteiger partial charge in [0.05, 0.1) is 0 Å². The van der Waals surface area contributed by atoms with E-state index in [9.17, 15) is 4.79 Å². The fourth-order valence-corrected chi connectivity index (χ4v) is 11.8. The summed E-state index contributed by atoms with van der Waals surface area (Å²) in [5.74, 6) is 0.224. The van der Waals surface area contributed by atoms with Crippen LogP contribution in [0.2, 0.25) is 12.1 Å². The number of hydrogen-bond donors (Lipinski definition) is 1. The summed E-state index contributed by atoms with van der Waals surface area (Å²) in [4.78, 5) is 11.6. The number of hydrogen-bond acceptors (Lipinski definition) is 9. The zero-order chi connectivity index (χ0) is 31.2. The Kier molecular flexibility index (Phi) is 23.3. The second-order valence-electron chi connectivity index (χ2n) is 10.1. The number of carbonyl (C=O) groups is 1. The average Bonchev–Trinajstić information content (AvgIpc) is 2.90. The quantitative estimate of drug-likeness (QED) is 0.0828.